The molecule has 0 fully saturated rings. The fourth-order valence-corrected chi connectivity index (χ4v) is 3.21. The average Bonchev–Trinajstić information content (AvgIpc) is 2.55. The second-order valence-corrected chi connectivity index (χ2v) is 7.13. The van der Waals surface area contributed by atoms with Gasteiger partial charge in [0.2, 0.25) is 0 Å². The van der Waals surface area contributed by atoms with Gasteiger partial charge in [-0.2, -0.15) is 0 Å². The summed E-state index contributed by atoms with van der Waals surface area (Å²) in [7, 11) is 1.45. The van der Waals surface area contributed by atoms with Crippen molar-refractivity contribution in [3.8, 4) is 11.5 Å². The van der Waals surface area contributed by atoms with Crippen LogP contribution in [0.15, 0.2) is 48.5 Å². The summed E-state index contributed by atoms with van der Waals surface area (Å²) in [6, 6.07) is 11.9. The van der Waals surface area contributed by atoms with E-state index in [-0.39, 0.29) is 16.9 Å². The van der Waals surface area contributed by atoms with Gasteiger partial charge >= 0.3 is 89.5 Å². The molecule has 0 amide bonds. The Hall–Kier alpha value is -2.24. The zero-order valence-electron chi connectivity index (χ0n) is 12.5. The maximum absolute atomic E-state index is 12.0. The number of methoxy groups -OCH3 is 1. The molecule has 0 saturated heterocycles. The molecule has 2 N–H and O–H groups in total. The molecule has 9 heteroatoms. The van der Waals surface area contributed by atoms with Crippen molar-refractivity contribution in [2.45, 2.75) is 0 Å². The van der Waals surface area contributed by atoms with E-state index >= 15 is 0 Å². The molecule has 2 rings (SSSR count). The van der Waals surface area contributed by atoms with Gasteiger partial charge in [0.1, 0.15) is 11.3 Å². The van der Waals surface area contributed by atoms with Gasteiger partial charge in [-0.1, -0.05) is 12.1 Å². The van der Waals surface area contributed by atoms with Crippen LogP contribution in [0.4, 0.5) is 5.02 Å². The van der Waals surface area contributed by atoms with Crippen LogP contribution < -0.4 is 7.42 Å². The number of ether oxygens (including phenoxy) is 1. The van der Waals surface area contributed by atoms with E-state index in [1.54, 1.807) is 18.2 Å². The molecule has 126 valence electrons. The third-order valence-electron chi connectivity index (χ3n) is 2.67. The van der Waals surface area contributed by atoms with Gasteiger partial charge in [-0.25, -0.2) is 4.79 Å². The third kappa shape index (κ3) is 6.10. The number of carboxylic acids is 2. The number of halogens is 2. The number of para-hydroxylation sites is 2. The van der Waals surface area contributed by atoms with Crippen molar-refractivity contribution in [2.24, 2.45) is 0 Å². The summed E-state index contributed by atoms with van der Waals surface area (Å²) in [6.45, 7) is 0. The Bertz CT molecular complexity index is 708. The molecule has 0 heterocycles. The summed E-state index contributed by atoms with van der Waals surface area (Å²) in [5, 5.41) is 17.2. The molecule has 0 unspecified atom stereocenters. The van der Waals surface area contributed by atoms with Crippen LogP contribution in [-0.4, -0.2) is 53.7 Å². The fraction of sp³-hybridized carbons (Fsp3) is 0.0667. The molecule has 0 aliphatic heterocycles. The summed E-state index contributed by atoms with van der Waals surface area (Å²) in [4.78, 5) is 21.0. The van der Waals surface area contributed by atoms with Crippen molar-refractivity contribution < 1.29 is 32.2 Å². The molecule has 2 aromatic rings. The molecule has 6 nitrogen and oxygen atoms in total. The Labute approximate surface area is 146 Å². The minimum absolute atomic E-state index is 0.190. The van der Waals surface area contributed by atoms with Gasteiger partial charge in [-0.3, -0.25) is 0 Å². The molecule has 0 aliphatic carbocycles. The molecule has 2 aromatic carbocycles. The van der Waals surface area contributed by atoms with E-state index in [2.05, 4.69) is 2.69 Å². The van der Waals surface area contributed by atoms with Crippen LogP contribution in [0.5, 0.6) is 11.5 Å². The van der Waals surface area contributed by atoms with Crippen LogP contribution in [-0.2, 0) is 0 Å². The third-order valence-corrected chi connectivity index (χ3v) is 4.35. The average molecular weight is 532 g/mol. The van der Waals surface area contributed by atoms with Gasteiger partial charge in [-0.05, 0) is 12.1 Å². The molecule has 24 heavy (non-hydrogen) atoms. The van der Waals surface area contributed by atoms with E-state index < -0.39 is 36.3 Å². The summed E-state index contributed by atoms with van der Waals surface area (Å²) < 4.78 is 33.0. The zero-order chi connectivity index (χ0) is 18.1. The quantitative estimate of drug-likeness (QED) is 0.576. The number of hydrogen-bond donors (Lipinski definition) is 2. The number of carboxylic acid groups (broad SMARTS) is 2. The first-order chi connectivity index (χ1) is 11.4. The summed E-state index contributed by atoms with van der Waals surface area (Å²) in [5.41, 5.74) is -0.0298. The van der Waals surface area contributed by atoms with Crippen LogP contribution in [0.25, 0.3) is 0 Å². The van der Waals surface area contributed by atoms with Gasteiger partial charge in [0.25, 0.3) is 0 Å². The van der Waals surface area contributed by atoms with Gasteiger partial charge in [-0.15, -0.1) is 0 Å². The van der Waals surface area contributed by atoms with E-state index in [1.807, 2.05) is 0 Å². The molecule has 0 saturated carbocycles. The molecule has 0 aliphatic rings. The second-order valence-electron chi connectivity index (χ2n) is 4.19. The molecule has 0 radical (unpaired) electrons. The van der Waals surface area contributed by atoms with Gasteiger partial charge in [0.15, 0.2) is 0 Å². The van der Waals surface area contributed by atoms with Crippen LogP contribution in [0.3, 0.4) is 0 Å². The minimum atomic E-state index is -4.96. The Balaban J connectivity index is 0.000000243. The molecule has 0 bridgehead atoms. The first-order valence-corrected chi connectivity index (χ1v) is 11.7. The van der Waals surface area contributed by atoms with Crippen molar-refractivity contribution in [1.82, 2.24) is 0 Å². The van der Waals surface area contributed by atoms with E-state index in [0.29, 0.717) is 5.75 Å². The Morgan fingerprint density at radius 3 is 1.67 bits per heavy atom. The summed E-state index contributed by atoms with van der Waals surface area (Å²) in [5.74, 6) is -2.07. The monoisotopic (exact) mass is 532 g/mol. The SMILES string of the molecule is COc1ccccc1C(=O)O.O=C(O)c1ccccc1[O][Tl]([F])[F]. The van der Waals surface area contributed by atoms with Crippen molar-refractivity contribution in [3.05, 3.63) is 59.7 Å². The Kier molecular flexibility index (Phi) is 8.09. The van der Waals surface area contributed by atoms with Gasteiger partial charge < -0.3 is 9.84 Å². The number of aromatic carboxylic acids is 2. The van der Waals surface area contributed by atoms with Crippen LogP contribution in [0.1, 0.15) is 20.7 Å². The summed E-state index contributed by atoms with van der Waals surface area (Å²) in [6.07, 6.45) is 0. The standard InChI is InChI=1S/C8H8O3.C7H6O3.2FH.Tl/c1-11-7-5-3-2-4-6(7)8(9)10;8-6-4-2-1-3-5(6)7(9)10;;;/h2-5H,1H3,(H,9,10);1-4,8H,(H,9,10);2*1H;/q;;;;+3/p-3. The van der Waals surface area contributed by atoms with E-state index in [1.165, 1.54) is 37.4 Å². The van der Waals surface area contributed by atoms with E-state index in [4.69, 9.17) is 14.9 Å². The topological polar surface area (TPSA) is 93.1 Å². The zero-order valence-corrected chi connectivity index (χ0v) is 17.0. The van der Waals surface area contributed by atoms with Crippen molar-refractivity contribution in [2.75, 3.05) is 7.11 Å². The molecule has 0 aromatic heterocycles. The van der Waals surface area contributed by atoms with Crippen molar-refractivity contribution >= 4 is 36.3 Å². The van der Waals surface area contributed by atoms with Gasteiger partial charge in [0.05, 0.1) is 7.11 Å². The molecular formula is C15H13F2O6Tl. The predicted molar refractivity (Wildman–Crippen MR) is 82.0 cm³/mol. The maximum atomic E-state index is 12.0. The predicted octanol–water partition coefficient (Wildman–Crippen LogP) is 3.08. The number of carbonyl (C=O) groups is 2. The van der Waals surface area contributed by atoms with Crippen molar-refractivity contribution in [1.29, 1.82) is 0 Å². The Morgan fingerprint density at radius 1 is 0.875 bits per heavy atom. The van der Waals surface area contributed by atoms with Crippen LogP contribution in [0, 0.1) is 0 Å². The second kappa shape index (κ2) is 9.80. The van der Waals surface area contributed by atoms with Crippen molar-refractivity contribution in [3.63, 3.8) is 0 Å². The Morgan fingerprint density at radius 2 is 1.29 bits per heavy atom. The number of hydrogen-bond acceptors (Lipinski definition) is 4. The first kappa shape index (κ1) is 19.8. The van der Waals surface area contributed by atoms with E-state index in [9.17, 15) is 14.6 Å². The molecular weight excluding hydrogens is 519 g/mol. The van der Waals surface area contributed by atoms with Crippen LogP contribution >= 0.6 is 0 Å². The fourth-order valence-electron chi connectivity index (χ4n) is 1.66. The first-order valence-electron chi connectivity index (χ1n) is 6.50. The summed E-state index contributed by atoms with van der Waals surface area (Å²) >= 11 is -4.96. The van der Waals surface area contributed by atoms with Gasteiger partial charge in [0, 0.05) is 0 Å². The normalized spacial score (nSPS) is 9.29. The molecule has 0 spiro atoms. The molecule has 0 atom stereocenters. The number of benzene rings is 2. The van der Waals surface area contributed by atoms with E-state index in [0.717, 1.165) is 0 Å². The van der Waals surface area contributed by atoms with Crippen LogP contribution in [0.2, 0.25) is 0 Å². The number of rotatable bonds is 5.